The summed E-state index contributed by atoms with van der Waals surface area (Å²) < 4.78 is 45.8. The number of hydrogen-bond donors (Lipinski definition) is 0. The molecule has 0 radical (unpaired) electrons. The van der Waals surface area contributed by atoms with Crippen molar-refractivity contribution >= 4 is 5.97 Å². The number of ether oxygens (including phenoxy) is 1. The lowest BCUT2D eigenvalue weighted by molar-refractivity contribution is -0.159. The number of carbonyl (C=O) groups excluding carboxylic acids is 1. The number of esters is 1. The molecule has 0 aliphatic carbocycles. The van der Waals surface area contributed by atoms with Crippen molar-refractivity contribution in [1.82, 2.24) is 20.1 Å². The van der Waals surface area contributed by atoms with Crippen LogP contribution in [0.4, 0.5) is 13.2 Å². The topological polar surface area (TPSA) is 91.0 Å². The van der Waals surface area contributed by atoms with Crippen LogP contribution in [0.3, 0.4) is 0 Å². The Bertz CT molecular complexity index is 637. The van der Waals surface area contributed by atoms with Crippen LogP contribution in [-0.4, -0.2) is 26.1 Å². The fourth-order valence-corrected chi connectivity index (χ4v) is 1.15. The van der Waals surface area contributed by atoms with Gasteiger partial charge in [0.05, 0.1) is 11.5 Å². The second kappa shape index (κ2) is 5.46. The van der Waals surface area contributed by atoms with Gasteiger partial charge in [0, 0.05) is 12.4 Å². The molecule has 0 aliphatic heterocycles. The van der Waals surface area contributed by atoms with Gasteiger partial charge >= 0.3 is 24.0 Å². The molecule has 0 amide bonds. The number of halogens is 3. The number of nitrogens with zero attached hydrogens (tertiary/aromatic N) is 4. The van der Waals surface area contributed by atoms with Gasteiger partial charge < -0.3 is 9.26 Å². The number of rotatable bonds is 3. The molecule has 2 rings (SSSR count). The first-order valence-corrected chi connectivity index (χ1v) is 5.72. The standard InChI is InChI=1S/C11H9F3N4O3/c1-5(2)8(19)20-10-15-3-6(4-16-10)7-17-9(21-18-7)11(12,13)14/h3-5H,1-2H3. The average molecular weight is 302 g/mol. The van der Waals surface area contributed by atoms with Crippen molar-refractivity contribution in [2.45, 2.75) is 20.0 Å². The van der Waals surface area contributed by atoms with Crippen molar-refractivity contribution in [2.75, 3.05) is 0 Å². The normalized spacial score (nSPS) is 11.7. The smallest absolute Gasteiger partial charge is 0.391 e. The zero-order chi connectivity index (χ0) is 15.6. The van der Waals surface area contributed by atoms with E-state index in [0.29, 0.717) is 0 Å². The Morgan fingerprint density at radius 3 is 2.38 bits per heavy atom. The zero-order valence-electron chi connectivity index (χ0n) is 10.9. The molecule has 2 heterocycles. The van der Waals surface area contributed by atoms with E-state index in [1.54, 1.807) is 13.8 Å². The minimum absolute atomic E-state index is 0.0959. The maximum Gasteiger partial charge on any atom is 0.471 e. The van der Waals surface area contributed by atoms with Crippen LogP contribution in [0, 0.1) is 5.92 Å². The highest BCUT2D eigenvalue weighted by atomic mass is 19.4. The second-order valence-electron chi connectivity index (χ2n) is 4.25. The molecule has 0 N–H and O–H groups in total. The maximum absolute atomic E-state index is 12.3. The summed E-state index contributed by atoms with van der Waals surface area (Å²) in [7, 11) is 0. The lowest BCUT2D eigenvalue weighted by Gasteiger charge is -2.04. The quantitative estimate of drug-likeness (QED) is 0.802. The predicted octanol–water partition coefficient (Wildman–Crippen LogP) is 2.11. The van der Waals surface area contributed by atoms with Crippen molar-refractivity contribution in [2.24, 2.45) is 5.92 Å². The predicted molar refractivity (Wildman–Crippen MR) is 60.8 cm³/mol. The van der Waals surface area contributed by atoms with Crippen LogP contribution in [0.15, 0.2) is 16.9 Å². The van der Waals surface area contributed by atoms with Gasteiger partial charge in [-0.3, -0.25) is 4.79 Å². The average Bonchev–Trinajstić information content (AvgIpc) is 2.89. The molecule has 0 saturated heterocycles. The molecule has 0 aliphatic rings. The lowest BCUT2D eigenvalue weighted by Crippen LogP contribution is -2.16. The minimum Gasteiger partial charge on any atom is -0.391 e. The molecule has 2 aromatic heterocycles. The largest absolute Gasteiger partial charge is 0.471 e. The van der Waals surface area contributed by atoms with Gasteiger partial charge in [0.2, 0.25) is 5.82 Å². The summed E-state index contributed by atoms with van der Waals surface area (Å²) >= 11 is 0. The van der Waals surface area contributed by atoms with E-state index in [1.165, 1.54) is 0 Å². The third-order valence-electron chi connectivity index (χ3n) is 2.22. The van der Waals surface area contributed by atoms with Crippen molar-refractivity contribution < 1.29 is 27.2 Å². The number of hydrogen-bond acceptors (Lipinski definition) is 7. The summed E-state index contributed by atoms with van der Waals surface area (Å²) in [5.41, 5.74) is 0.0959. The number of alkyl halides is 3. The maximum atomic E-state index is 12.3. The van der Waals surface area contributed by atoms with Gasteiger partial charge in [-0.2, -0.15) is 18.2 Å². The van der Waals surface area contributed by atoms with E-state index in [-0.39, 0.29) is 23.3 Å². The van der Waals surface area contributed by atoms with Crippen molar-refractivity contribution in [3.8, 4) is 17.4 Å². The molecule has 112 valence electrons. The summed E-state index contributed by atoms with van der Waals surface area (Å²) in [6.45, 7) is 3.27. The molecule has 10 heteroatoms. The highest BCUT2D eigenvalue weighted by Crippen LogP contribution is 2.29. The molecule has 0 bridgehead atoms. The minimum atomic E-state index is -4.72. The van der Waals surface area contributed by atoms with E-state index in [2.05, 4.69) is 24.6 Å². The molecule has 21 heavy (non-hydrogen) atoms. The molecular formula is C11H9F3N4O3. The molecule has 7 nitrogen and oxygen atoms in total. The summed E-state index contributed by atoms with van der Waals surface area (Å²) in [5, 5.41) is 3.18. The van der Waals surface area contributed by atoms with E-state index in [1.807, 2.05) is 0 Å². The highest BCUT2D eigenvalue weighted by Gasteiger charge is 2.38. The third kappa shape index (κ3) is 3.52. The SMILES string of the molecule is CC(C)C(=O)Oc1ncc(-c2noc(C(F)(F)F)n2)cn1. The Hall–Kier alpha value is -2.52. The van der Waals surface area contributed by atoms with E-state index >= 15 is 0 Å². The first-order valence-electron chi connectivity index (χ1n) is 5.72. The fourth-order valence-electron chi connectivity index (χ4n) is 1.15. The van der Waals surface area contributed by atoms with Crippen molar-refractivity contribution in [3.05, 3.63) is 18.3 Å². The van der Waals surface area contributed by atoms with E-state index in [9.17, 15) is 18.0 Å². The monoisotopic (exact) mass is 302 g/mol. The Labute approximate surface area is 116 Å². The molecule has 2 aromatic rings. The van der Waals surface area contributed by atoms with Crippen LogP contribution < -0.4 is 4.74 Å². The van der Waals surface area contributed by atoms with Gasteiger partial charge in [-0.1, -0.05) is 19.0 Å². The molecule has 0 unspecified atom stereocenters. The van der Waals surface area contributed by atoms with Crippen LogP contribution >= 0.6 is 0 Å². The van der Waals surface area contributed by atoms with Crippen LogP contribution in [0.25, 0.3) is 11.4 Å². The van der Waals surface area contributed by atoms with Crippen LogP contribution in [0.1, 0.15) is 19.7 Å². The van der Waals surface area contributed by atoms with Gasteiger partial charge in [0.25, 0.3) is 0 Å². The molecule has 0 atom stereocenters. The van der Waals surface area contributed by atoms with Crippen LogP contribution in [0.5, 0.6) is 6.01 Å². The Morgan fingerprint density at radius 1 is 1.29 bits per heavy atom. The van der Waals surface area contributed by atoms with Gasteiger partial charge in [-0.25, -0.2) is 9.97 Å². The van der Waals surface area contributed by atoms with E-state index < -0.39 is 18.0 Å². The van der Waals surface area contributed by atoms with Gasteiger partial charge in [-0.15, -0.1) is 0 Å². The number of aromatic nitrogens is 4. The van der Waals surface area contributed by atoms with Gasteiger partial charge in [0.1, 0.15) is 0 Å². The Balaban J connectivity index is 2.16. The van der Waals surface area contributed by atoms with E-state index in [4.69, 9.17) is 4.74 Å². The Morgan fingerprint density at radius 2 is 1.90 bits per heavy atom. The molecular weight excluding hydrogens is 293 g/mol. The van der Waals surface area contributed by atoms with Crippen LogP contribution in [0.2, 0.25) is 0 Å². The van der Waals surface area contributed by atoms with Crippen molar-refractivity contribution in [3.63, 3.8) is 0 Å². The first kappa shape index (κ1) is 14.9. The fraction of sp³-hybridized carbons (Fsp3) is 0.364. The number of carbonyl (C=O) groups is 1. The van der Waals surface area contributed by atoms with Crippen molar-refractivity contribution in [1.29, 1.82) is 0 Å². The highest BCUT2D eigenvalue weighted by molar-refractivity contribution is 5.73. The third-order valence-corrected chi connectivity index (χ3v) is 2.22. The molecule has 0 aromatic carbocycles. The lowest BCUT2D eigenvalue weighted by atomic mass is 10.2. The molecule has 0 saturated carbocycles. The summed E-state index contributed by atoms with van der Waals surface area (Å²) in [6, 6.07) is -0.211. The zero-order valence-corrected chi connectivity index (χ0v) is 10.9. The second-order valence-corrected chi connectivity index (χ2v) is 4.25. The summed E-state index contributed by atoms with van der Waals surface area (Å²) in [4.78, 5) is 21.9. The summed E-state index contributed by atoms with van der Waals surface area (Å²) in [6.07, 6.45) is -2.47. The van der Waals surface area contributed by atoms with Crippen LogP contribution in [-0.2, 0) is 11.0 Å². The molecule has 0 spiro atoms. The molecule has 0 fully saturated rings. The first-order chi connectivity index (χ1) is 9.77. The Kier molecular flexibility index (Phi) is 3.87. The van der Waals surface area contributed by atoms with Gasteiger partial charge in [0.15, 0.2) is 0 Å². The van der Waals surface area contributed by atoms with Gasteiger partial charge in [-0.05, 0) is 0 Å². The van der Waals surface area contributed by atoms with E-state index in [0.717, 1.165) is 12.4 Å². The summed E-state index contributed by atoms with van der Waals surface area (Å²) in [5.74, 6) is -2.67.